The zero-order valence-electron chi connectivity index (χ0n) is 21.1. The highest BCUT2D eigenvalue weighted by Crippen LogP contribution is 2.23. The van der Waals surface area contributed by atoms with E-state index in [-0.39, 0.29) is 24.0 Å². The molecule has 12 heteroatoms. The van der Waals surface area contributed by atoms with E-state index in [2.05, 4.69) is 31.9 Å². The Morgan fingerprint density at radius 3 is 2.47 bits per heavy atom. The van der Waals surface area contributed by atoms with Crippen LogP contribution in [0.3, 0.4) is 0 Å². The highest BCUT2D eigenvalue weighted by molar-refractivity contribution is 6.06. The quantitative estimate of drug-likeness (QED) is 0.318. The van der Waals surface area contributed by atoms with Gasteiger partial charge < -0.3 is 20.9 Å². The zero-order valence-corrected chi connectivity index (χ0v) is 21.1. The molecular formula is C26H26N8O4. The van der Waals surface area contributed by atoms with E-state index in [4.69, 9.17) is 15.5 Å². The van der Waals surface area contributed by atoms with E-state index >= 15 is 0 Å². The van der Waals surface area contributed by atoms with Crippen molar-refractivity contribution in [1.29, 1.82) is 5.26 Å². The van der Waals surface area contributed by atoms with Crippen molar-refractivity contribution in [3.05, 3.63) is 77.1 Å². The molecule has 2 aromatic heterocycles. The van der Waals surface area contributed by atoms with Crippen LogP contribution in [0.1, 0.15) is 58.9 Å². The SMILES string of the molecule is CC(C)(C)[C@H](NC(=O)c1nn(Cc2ccc(C#N)cc2)c2ccccc12)C(=O)NCc1noc(C(N)=O)n1. The van der Waals surface area contributed by atoms with Gasteiger partial charge in [-0.1, -0.05) is 56.3 Å². The van der Waals surface area contributed by atoms with E-state index in [1.54, 1.807) is 22.9 Å². The summed E-state index contributed by atoms with van der Waals surface area (Å²) < 4.78 is 6.44. The molecule has 0 spiro atoms. The maximum absolute atomic E-state index is 13.4. The molecule has 3 amide bonds. The van der Waals surface area contributed by atoms with Gasteiger partial charge in [-0.05, 0) is 29.2 Å². The molecule has 4 N–H and O–H groups in total. The standard InChI is InChI=1S/C26H26N8O4/c1-26(2,3)21(24(37)29-13-19-30-25(22(28)35)38-33-19)31-23(36)20-17-6-4-5-7-18(17)34(32-20)14-16-10-8-15(12-27)9-11-16/h4-11,21H,13-14H2,1-3H3,(H2,28,35)(H,29,37)(H,31,36)/t21-/m1/s1. The first kappa shape index (κ1) is 26.0. The predicted octanol–water partition coefficient (Wildman–Crippen LogP) is 1.90. The molecule has 0 unspecified atom stereocenters. The number of nitrogens with two attached hydrogens (primary N) is 1. The monoisotopic (exact) mass is 514 g/mol. The lowest BCUT2D eigenvalue weighted by Crippen LogP contribution is -2.53. The van der Waals surface area contributed by atoms with Crippen molar-refractivity contribution in [3.63, 3.8) is 0 Å². The third-order valence-electron chi connectivity index (χ3n) is 5.79. The fourth-order valence-corrected chi connectivity index (χ4v) is 3.84. The Balaban J connectivity index is 1.54. The Morgan fingerprint density at radius 2 is 1.84 bits per heavy atom. The third kappa shape index (κ3) is 5.67. The highest BCUT2D eigenvalue weighted by Gasteiger charge is 2.34. The maximum atomic E-state index is 13.4. The van der Waals surface area contributed by atoms with Crippen LogP contribution in [-0.2, 0) is 17.9 Å². The number of carbonyl (C=O) groups excluding carboxylic acids is 3. The van der Waals surface area contributed by atoms with Gasteiger partial charge in [0.25, 0.3) is 5.91 Å². The van der Waals surface area contributed by atoms with E-state index < -0.39 is 29.2 Å². The number of primary amides is 1. The molecule has 2 aromatic carbocycles. The lowest BCUT2D eigenvalue weighted by molar-refractivity contribution is -0.125. The molecule has 0 saturated carbocycles. The summed E-state index contributed by atoms with van der Waals surface area (Å²) in [5.41, 5.74) is 6.85. The van der Waals surface area contributed by atoms with Crippen LogP contribution in [0.4, 0.5) is 0 Å². The van der Waals surface area contributed by atoms with Gasteiger partial charge in [0.15, 0.2) is 11.5 Å². The first-order valence-corrected chi connectivity index (χ1v) is 11.7. The minimum Gasteiger partial charge on any atom is -0.361 e. The molecule has 4 rings (SSSR count). The molecule has 0 aliphatic heterocycles. The van der Waals surface area contributed by atoms with Crippen molar-refractivity contribution in [2.75, 3.05) is 0 Å². The largest absolute Gasteiger partial charge is 0.361 e. The second kappa shape index (κ2) is 10.5. The molecule has 0 radical (unpaired) electrons. The molecule has 12 nitrogen and oxygen atoms in total. The van der Waals surface area contributed by atoms with Gasteiger partial charge in [-0.2, -0.15) is 15.3 Å². The summed E-state index contributed by atoms with van der Waals surface area (Å²) in [7, 11) is 0. The summed E-state index contributed by atoms with van der Waals surface area (Å²) in [5.74, 6) is -2.15. The van der Waals surface area contributed by atoms with Gasteiger partial charge in [0.05, 0.1) is 30.2 Å². The third-order valence-corrected chi connectivity index (χ3v) is 5.79. The van der Waals surface area contributed by atoms with E-state index in [1.807, 2.05) is 51.1 Å². The minimum atomic E-state index is -0.931. The van der Waals surface area contributed by atoms with Crippen LogP contribution >= 0.6 is 0 Å². The van der Waals surface area contributed by atoms with Gasteiger partial charge in [-0.25, -0.2) is 0 Å². The van der Waals surface area contributed by atoms with Gasteiger partial charge in [-0.3, -0.25) is 19.1 Å². The van der Waals surface area contributed by atoms with Crippen molar-refractivity contribution < 1.29 is 18.9 Å². The summed E-state index contributed by atoms with van der Waals surface area (Å²) in [6, 6.07) is 15.6. The Hall–Kier alpha value is -5.05. The Morgan fingerprint density at radius 1 is 1.13 bits per heavy atom. The van der Waals surface area contributed by atoms with E-state index in [9.17, 15) is 14.4 Å². The number of carbonyl (C=O) groups is 3. The van der Waals surface area contributed by atoms with Gasteiger partial charge in [0.1, 0.15) is 6.04 Å². The van der Waals surface area contributed by atoms with Crippen molar-refractivity contribution in [2.45, 2.75) is 39.9 Å². The highest BCUT2D eigenvalue weighted by atomic mass is 16.5. The topological polar surface area (TPSA) is 182 Å². The van der Waals surface area contributed by atoms with Crippen LogP contribution in [-0.4, -0.2) is 43.7 Å². The molecule has 0 aliphatic rings. The molecule has 4 aromatic rings. The molecule has 2 heterocycles. The first-order chi connectivity index (χ1) is 18.1. The average molecular weight is 515 g/mol. The maximum Gasteiger partial charge on any atom is 0.315 e. The number of fused-ring (bicyclic) bond motifs is 1. The number of benzene rings is 2. The van der Waals surface area contributed by atoms with Crippen LogP contribution in [0.5, 0.6) is 0 Å². The minimum absolute atomic E-state index is 0.0682. The number of amides is 3. The number of nitrogens with zero attached hydrogens (tertiary/aromatic N) is 5. The summed E-state index contributed by atoms with van der Waals surface area (Å²) in [6.45, 7) is 5.72. The van der Waals surface area contributed by atoms with Crippen LogP contribution in [0.15, 0.2) is 53.1 Å². The van der Waals surface area contributed by atoms with Gasteiger partial charge in [0, 0.05) is 5.39 Å². The van der Waals surface area contributed by atoms with Crippen LogP contribution in [0.2, 0.25) is 0 Å². The van der Waals surface area contributed by atoms with E-state index in [1.165, 1.54) is 0 Å². The number of hydrogen-bond acceptors (Lipinski definition) is 8. The normalized spacial score (nSPS) is 12.1. The van der Waals surface area contributed by atoms with Gasteiger partial charge >= 0.3 is 11.8 Å². The Kier molecular flexibility index (Phi) is 7.20. The summed E-state index contributed by atoms with van der Waals surface area (Å²) in [5, 5.41) is 23.3. The van der Waals surface area contributed by atoms with Gasteiger partial charge in [0.2, 0.25) is 5.91 Å². The molecule has 194 valence electrons. The first-order valence-electron chi connectivity index (χ1n) is 11.7. The number of aromatic nitrogens is 4. The van der Waals surface area contributed by atoms with Crippen LogP contribution in [0.25, 0.3) is 10.9 Å². The fraction of sp³-hybridized carbons (Fsp3) is 0.269. The number of nitriles is 1. The van der Waals surface area contributed by atoms with E-state index in [0.717, 1.165) is 11.1 Å². The number of para-hydroxylation sites is 1. The number of hydrogen-bond donors (Lipinski definition) is 3. The molecule has 1 atom stereocenters. The van der Waals surface area contributed by atoms with Crippen LogP contribution in [0, 0.1) is 16.7 Å². The Labute approximate surface area is 217 Å². The molecule has 38 heavy (non-hydrogen) atoms. The second-order valence-electron chi connectivity index (χ2n) is 9.70. The van der Waals surface area contributed by atoms with Crippen molar-refractivity contribution in [2.24, 2.45) is 11.1 Å². The van der Waals surface area contributed by atoms with Gasteiger partial charge in [-0.15, -0.1) is 0 Å². The van der Waals surface area contributed by atoms with Crippen molar-refractivity contribution in [1.82, 2.24) is 30.6 Å². The summed E-state index contributed by atoms with van der Waals surface area (Å²) in [6.07, 6.45) is 0. The fourth-order valence-electron chi connectivity index (χ4n) is 3.84. The molecule has 0 fully saturated rings. The lowest BCUT2D eigenvalue weighted by atomic mass is 9.86. The second-order valence-corrected chi connectivity index (χ2v) is 9.70. The smallest absolute Gasteiger partial charge is 0.315 e. The van der Waals surface area contributed by atoms with Crippen molar-refractivity contribution in [3.8, 4) is 6.07 Å². The van der Waals surface area contributed by atoms with Crippen molar-refractivity contribution >= 4 is 28.6 Å². The molecular weight excluding hydrogens is 488 g/mol. The average Bonchev–Trinajstić information content (AvgIpc) is 3.51. The number of nitrogens with one attached hydrogen (secondary N) is 2. The Bertz CT molecular complexity index is 1540. The van der Waals surface area contributed by atoms with Crippen LogP contribution < -0.4 is 16.4 Å². The predicted molar refractivity (Wildman–Crippen MR) is 135 cm³/mol. The molecule has 0 aliphatic carbocycles. The lowest BCUT2D eigenvalue weighted by Gasteiger charge is -2.30. The zero-order chi connectivity index (χ0) is 27.4. The number of rotatable bonds is 8. The summed E-state index contributed by atoms with van der Waals surface area (Å²) >= 11 is 0. The molecule has 0 saturated heterocycles. The van der Waals surface area contributed by atoms with E-state index in [0.29, 0.717) is 17.5 Å². The molecule has 0 bridgehead atoms. The summed E-state index contributed by atoms with van der Waals surface area (Å²) in [4.78, 5) is 41.5.